The van der Waals surface area contributed by atoms with Crippen molar-refractivity contribution in [3.63, 3.8) is 0 Å². The molecule has 5 aromatic rings. The molecule has 0 bridgehead atoms. The van der Waals surface area contributed by atoms with Crippen molar-refractivity contribution in [2.45, 2.75) is 52.4 Å². The van der Waals surface area contributed by atoms with E-state index in [-0.39, 0.29) is 24.2 Å². The topological polar surface area (TPSA) is 147 Å². The van der Waals surface area contributed by atoms with Gasteiger partial charge in [0.25, 0.3) is 0 Å². The number of aromatic carboxylic acids is 1. The molecule has 11 nitrogen and oxygen atoms in total. The first-order chi connectivity index (χ1) is 19.8. The summed E-state index contributed by atoms with van der Waals surface area (Å²) in [5.41, 5.74) is 3.62. The van der Waals surface area contributed by atoms with E-state index < -0.39 is 24.5 Å². The van der Waals surface area contributed by atoms with Gasteiger partial charge in [-0.1, -0.05) is 44.5 Å². The molecule has 4 heterocycles. The van der Waals surface area contributed by atoms with E-state index in [1.807, 2.05) is 37.3 Å². The van der Waals surface area contributed by atoms with Crippen LogP contribution in [0.4, 0.5) is 0 Å². The molecule has 0 spiro atoms. The number of nitrogens with one attached hydrogen (secondary N) is 2. The fourth-order valence-electron chi connectivity index (χ4n) is 4.70. The van der Waals surface area contributed by atoms with E-state index in [0.717, 1.165) is 28.7 Å². The van der Waals surface area contributed by atoms with Crippen LogP contribution in [0.1, 0.15) is 63.1 Å². The molecule has 1 aromatic carbocycles. The standard InChI is InChI=1S/C28H30N8O3/c1-3-5-6-23-24(36(28(39)30-23)26-22(27(37)38)12-15-35(26)14-4-2)16-20-17-29-13-11-21(20)18-7-9-19(10-8-18)25-31-33-34-32-25/h7-13,15,17H,3-6,14,16H2,1-2H3,(H,30,39)(H,37,38)(H,31,32,33,34)/i3D,6D. The van der Waals surface area contributed by atoms with Crippen molar-refractivity contribution in [1.82, 2.24) is 39.7 Å². The van der Waals surface area contributed by atoms with Gasteiger partial charge < -0.3 is 14.7 Å². The largest absolute Gasteiger partial charge is 0.478 e. The van der Waals surface area contributed by atoms with E-state index in [1.54, 1.807) is 30.1 Å². The van der Waals surface area contributed by atoms with Gasteiger partial charge in [-0.05, 0) is 53.3 Å². The molecule has 0 aliphatic carbocycles. The highest BCUT2D eigenvalue weighted by Gasteiger charge is 2.24. The number of aryl methyl sites for hydroxylation is 2. The number of pyridine rings is 1. The number of hydrogen-bond donors (Lipinski definition) is 3. The number of rotatable bonds is 11. The van der Waals surface area contributed by atoms with Gasteiger partial charge in [-0.25, -0.2) is 14.2 Å². The second kappa shape index (κ2) is 11.3. The molecule has 0 fully saturated rings. The Labute approximate surface area is 227 Å². The van der Waals surface area contributed by atoms with E-state index in [9.17, 15) is 14.7 Å². The lowest BCUT2D eigenvalue weighted by Crippen LogP contribution is -2.22. The van der Waals surface area contributed by atoms with E-state index >= 15 is 0 Å². The third-order valence-corrected chi connectivity index (χ3v) is 6.48. The Balaban J connectivity index is 1.65. The Bertz CT molecular complexity index is 1710. The van der Waals surface area contributed by atoms with Crippen LogP contribution in [0.3, 0.4) is 0 Å². The van der Waals surface area contributed by atoms with Crippen LogP contribution < -0.4 is 5.69 Å². The highest BCUT2D eigenvalue weighted by atomic mass is 16.4. The van der Waals surface area contributed by atoms with Gasteiger partial charge in [0, 0.05) is 45.6 Å². The van der Waals surface area contributed by atoms with Gasteiger partial charge >= 0.3 is 11.7 Å². The number of carboxylic acid groups (broad SMARTS) is 1. The molecule has 5 rings (SSSR count). The summed E-state index contributed by atoms with van der Waals surface area (Å²) >= 11 is 0. The van der Waals surface area contributed by atoms with Gasteiger partial charge in [-0.2, -0.15) is 5.21 Å². The summed E-state index contributed by atoms with van der Waals surface area (Å²) in [5.74, 6) is -0.439. The lowest BCUT2D eigenvalue weighted by atomic mass is 9.96. The van der Waals surface area contributed by atoms with Crippen molar-refractivity contribution in [3.05, 3.63) is 88.0 Å². The molecule has 0 radical (unpaired) electrons. The number of carboxylic acids is 1. The van der Waals surface area contributed by atoms with Crippen molar-refractivity contribution in [2.24, 2.45) is 0 Å². The fourth-order valence-corrected chi connectivity index (χ4v) is 4.70. The van der Waals surface area contributed by atoms with Crippen LogP contribution >= 0.6 is 0 Å². The first kappa shape index (κ1) is 23.3. The number of nitrogens with zero attached hydrogens (tertiary/aromatic N) is 6. The maximum atomic E-state index is 13.5. The van der Waals surface area contributed by atoms with Crippen LogP contribution in [0, 0.1) is 0 Å². The van der Waals surface area contributed by atoms with Crippen LogP contribution in [0.15, 0.2) is 59.8 Å². The molecule has 0 aliphatic heterocycles. The van der Waals surface area contributed by atoms with Gasteiger partial charge in [0.1, 0.15) is 11.4 Å². The SMILES string of the molecule is [2H]C(C)CC([2H])c1[nH]c(=O)n(-c2c(C(=O)O)ccn2CCC)c1Cc1cnccc1-c1ccc(-c2nn[nH]n2)cc1. The van der Waals surface area contributed by atoms with Crippen molar-refractivity contribution in [3.8, 4) is 28.3 Å². The summed E-state index contributed by atoms with van der Waals surface area (Å²) in [6.07, 6.45) is 4.77. The zero-order chi connectivity index (χ0) is 29.1. The lowest BCUT2D eigenvalue weighted by Gasteiger charge is -2.16. The Morgan fingerprint density at radius 2 is 1.92 bits per heavy atom. The fraction of sp³-hybridized carbons (Fsp3) is 0.286. The molecular formula is C28H30N8O3. The van der Waals surface area contributed by atoms with Crippen molar-refractivity contribution >= 4 is 5.97 Å². The molecule has 0 saturated heterocycles. The summed E-state index contributed by atoms with van der Waals surface area (Å²) in [5, 5.41) is 24.1. The minimum Gasteiger partial charge on any atom is -0.478 e. The third kappa shape index (κ3) is 5.15. The Morgan fingerprint density at radius 3 is 2.62 bits per heavy atom. The number of tetrazole rings is 1. The second-order valence-corrected chi connectivity index (χ2v) is 9.05. The zero-order valence-corrected chi connectivity index (χ0v) is 21.6. The molecule has 2 atom stereocenters. The van der Waals surface area contributed by atoms with Gasteiger partial charge in [0.2, 0.25) is 5.82 Å². The number of carbonyl (C=O) groups is 1. The summed E-state index contributed by atoms with van der Waals surface area (Å²) in [6, 6.07) is 11.0. The smallest absolute Gasteiger partial charge is 0.339 e. The second-order valence-electron chi connectivity index (χ2n) is 9.05. The molecule has 11 heteroatoms. The molecule has 4 aromatic heterocycles. The van der Waals surface area contributed by atoms with Crippen molar-refractivity contribution < 1.29 is 12.6 Å². The Morgan fingerprint density at radius 1 is 1.13 bits per heavy atom. The number of benzene rings is 1. The van der Waals surface area contributed by atoms with E-state index in [1.165, 1.54) is 10.6 Å². The zero-order valence-electron chi connectivity index (χ0n) is 23.6. The van der Waals surface area contributed by atoms with Crippen LogP contribution in [0.5, 0.6) is 0 Å². The summed E-state index contributed by atoms with van der Waals surface area (Å²) in [7, 11) is 0. The van der Waals surface area contributed by atoms with Crippen molar-refractivity contribution in [2.75, 3.05) is 0 Å². The van der Waals surface area contributed by atoms with Gasteiger partial charge in [0.15, 0.2) is 0 Å². The highest BCUT2D eigenvalue weighted by Crippen LogP contribution is 2.29. The quantitative estimate of drug-likeness (QED) is 0.232. The average Bonchev–Trinajstić information content (AvgIpc) is 3.69. The number of H-pyrrole nitrogens is 2. The maximum absolute atomic E-state index is 13.5. The molecular weight excluding hydrogens is 496 g/mol. The molecule has 39 heavy (non-hydrogen) atoms. The summed E-state index contributed by atoms with van der Waals surface area (Å²) in [6.45, 7) is 4.18. The maximum Gasteiger partial charge on any atom is 0.339 e. The molecule has 2 unspecified atom stereocenters. The molecule has 3 N–H and O–H groups in total. The monoisotopic (exact) mass is 528 g/mol. The third-order valence-electron chi connectivity index (χ3n) is 6.48. The van der Waals surface area contributed by atoms with Crippen LogP contribution in [0.2, 0.25) is 0 Å². The van der Waals surface area contributed by atoms with Gasteiger partial charge in [0.05, 0.1) is 5.69 Å². The Hall–Kier alpha value is -4.80. The molecule has 0 saturated carbocycles. The molecule has 0 amide bonds. The molecule has 0 aliphatic rings. The highest BCUT2D eigenvalue weighted by molar-refractivity contribution is 5.91. The minimum absolute atomic E-state index is 0.00814. The van der Waals surface area contributed by atoms with Gasteiger partial charge in [-0.15, -0.1) is 10.2 Å². The first-order valence-corrected chi connectivity index (χ1v) is 12.7. The number of aromatic amines is 2. The van der Waals surface area contributed by atoms with Crippen molar-refractivity contribution in [1.29, 1.82) is 0 Å². The van der Waals surface area contributed by atoms with Crippen LogP contribution in [0.25, 0.3) is 28.3 Å². The first-order valence-electron chi connectivity index (χ1n) is 13.8. The van der Waals surface area contributed by atoms with E-state index in [0.29, 0.717) is 23.8 Å². The average molecular weight is 529 g/mol. The minimum atomic E-state index is -1.15. The van der Waals surface area contributed by atoms with E-state index in [4.69, 9.17) is 2.74 Å². The predicted molar refractivity (Wildman–Crippen MR) is 146 cm³/mol. The van der Waals surface area contributed by atoms with Gasteiger partial charge in [-0.3, -0.25) is 4.98 Å². The number of hydrogen-bond acceptors (Lipinski definition) is 6. The Kier molecular flexibility index (Phi) is 6.76. The number of aromatic nitrogens is 8. The molecule has 200 valence electrons. The number of imidazole rings is 1. The normalized spacial score (nSPS) is 13.6. The summed E-state index contributed by atoms with van der Waals surface area (Å²) in [4.78, 5) is 32.9. The lowest BCUT2D eigenvalue weighted by molar-refractivity contribution is 0.0697. The van der Waals surface area contributed by atoms with E-state index in [2.05, 4.69) is 30.6 Å². The predicted octanol–water partition coefficient (Wildman–Crippen LogP) is 4.25. The summed E-state index contributed by atoms with van der Waals surface area (Å²) < 4.78 is 19.9. The van der Waals surface area contributed by atoms with Crippen LogP contribution in [-0.4, -0.2) is 50.8 Å². The van der Waals surface area contributed by atoms with Crippen LogP contribution in [-0.2, 0) is 19.4 Å².